The summed E-state index contributed by atoms with van der Waals surface area (Å²) < 4.78 is 0. The number of nitrogens with zero attached hydrogens (tertiary/aromatic N) is 2. The van der Waals surface area contributed by atoms with E-state index in [-0.39, 0.29) is 0 Å². The Morgan fingerprint density at radius 1 is 0.810 bits per heavy atom. The predicted molar refractivity (Wildman–Crippen MR) is 94.2 cm³/mol. The molecule has 0 aromatic rings. The van der Waals surface area contributed by atoms with Crippen molar-refractivity contribution in [3.8, 4) is 0 Å². The van der Waals surface area contributed by atoms with Crippen molar-refractivity contribution in [2.45, 2.75) is 70.3 Å². The lowest BCUT2D eigenvalue weighted by atomic mass is 9.82. The molecule has 3 fully saturated rings. The fourth-order valence-electron chi connectivity index (χ4n) is 4.84. The smallest absolute Gasteiger partial charge is 0.0113 e. The van der Waals surface area contributed by atoms with Crippen LogP contribution < -0.4 is 0 Å². The van der Waals surface area contributed by atoms with Crippen molar-refractivity contribution < 1.29 is 0 Å². The molecule has 1 saturated heterocycles. The molecule has 0 aromatic heterocycles. The molecular formula is C18H33BrN2. The molecule has 3 rings (SSSR count). The molecule has 1 aliphatic heterocycles. The Balaban J connectivity index is 1.49. The van der Waals surface area contributed by atoms with Crippen molar-refractivity contribution in [3.63, 3.8) is 0 Å². The third-order valence-corrected chi connectivity index (χ3v) is 7.44. The Labute approximate surface area is 139 Å². The Morgan fingerprint density at radius 2 is 1.43 bits per heavy atom. The molecule has 2 nitrogen and oxygen atoms in total. The highest BCUT2D eigenvalue weighted by Gasteiger charge is 2.34. The van der Waals surface area contributed by atoms with Gasteiger partial charge in [-0.2, -0.15) is 0 Å². The van der Waals surface area contributed by atoms with Gasteiger partial charge < -0.3 is 4.90 Å². The van der Waals surface area contributed by atoms with Crippen molar-refractivity contribution in [2.75, 3.05) is 38.1 Å². The summed E-state index contributed by atoms with van der Waals surface area (Å²) in [5.74, 6) is 0. The van der Waals surface area contributed by atoms with E-state index in [1.165, 1.54) is 102 Å². The molecule has 0 radical (unpaired) electrons. The lowest BCUT2D eigenvalue weighted by Crippen LogP contribution is -2.52. The highest BCUT2D eigenvalue weighted by atomic mass is 79.9. The highest BCUT2D eigenvalue weighted by Crippen LogP contribution is 2.37. The first kappa shape index (κ1) is 16.3. The predicted octanol–water partition coefficient (Wildman–Crippen LogP) is 4.28. The van der Waals surface area contributed by atoms with Crippen LogP contribution in [0.4, 0.5) is 0 Å². The van der Waals surface area contributed by atoms with Gasteiger partial charge >= 0.3 is 0 Å². The zero-order chi connectivity index (χ0) is 14.5. The van der Waals surface area contributed by atoms with Crippen molar-refractivity contribution in [2.24, 2.45) is 5.41 Å². The second-order valence-corrected chi connectivity index (χ2v) is 8.36. The summed E-state index contributed by atoms with van der Waals surface area (Å²) in [5, 5.41) is 1.21. The normalized spacial score (nSPS) is 29.6. The van der Waals surface area contributed by atoms with Gasteiger partial charge in [-0.05, 0) is 31.1 Å². The van der Waals surface area contributed by atoms with E-state index >= 15 is 0 Å². The maximum absolute atomic E-state index is 3.86. The van der Waals surface area contributed by atoms with Crippen molar-refractivity contribution in [1.82, 2.24) is 9.80 Å². The summed E-state index contributed by atoms with van der Waals surface area (Å²) in [4.78, 5) is 5.56. The van der Waals surface area contributed by atoms with E-state index in [1.54, 1.807) is 0 Å². The minimum atomic E-state index is 0.575. The van der Waals surface area contributed by atoms with Gasteiger partial charge in [0.15, 0.2) is 0 Å². The summed E-state index contributed by atoms with van der Waals surface area (Å²) >= 11 is 3.86. The number of hydrogen-bond acceptors (Lipinski definition) is 2. The molecule has 122 valence electrons. The van der Waals surface area contributed by atoms with Crippen LogP contribution in [0.3, 0.4) is 0 Å². The fraction of sp³-hybridized carbons (Fsp3) is 1.00. The average Bonchev–Trinajstić information content (AvgIpc) is 2.96. The molecule has 0 N–H and O–H groups in total. The molecule has 3 heteroatoms. The van der Waals surface area contributed by atoms with Crippen LogP contribution in [-0.4, -0.2) is 53.9 Å². The van der Waals surface area contributed by atoms with Crippen LogP contribution in [0.1, 0.15) is 64.2 Å². The van der Waals surface area contributed by atoms with Crippen LogP contribution in [0, 0.1) is 5.41 Å². The first-order valence-electron chi connectivity index (χ1n) is 9.34. The molecule has 2 saturated carbocycles. The number of piperazine rings is 1. The highest BCUT2D eigenvalue weighted by molar-refractivity contribution is 9.09. The minimum absolute atomic E-state index is 0.575. The largest absolute Gasteiger partial charge is 0.300 e. The number of rotatable bonds is 4. The molecule has 0 bridgehead atoms. The molecule has 2 aliphatic carbocycles. The van der Waals surface area contributed by atoms with E-state index in [1.807, 2.05) is 0 Å². The zero-order valence-corrected chi connectivity index (χ0v) is 15.2. The maximum atomic E-state index is 3.86. The van der Waals surface area contributed by atoms with Gasteiger partial charge in [-0.1, -0.05) is 54.5 Å². The van der Waals surface area contributed by atoms with Crippen LogP contribution in [0.25, 0.3) is 0 Å². The van der Waals surface area contributed by atoms with E-state index in [2.05, 4.69) is 25.7 Å². The molecule has 1 heterocycles. The lowest BCUT2D eigenvalue weighted by Gasteiger charge is -2.42. The Hall–Kier alpha value is 0.400. The molecule has 0 unspecified atom stereocenters. The van der Waals surface area contributed by atoms with Gasteiger partial charge in [-0.3, -0.25) is 4.90 Å². The molecule has 0 aromatic carbocycles. The van der Waals surface area contributed by atoms with Crippen LogP contribution in [-0.2, 0) is 0 Å². The average molecular weight is 357 g/mol. The summed E-state index contributed by atoms with van der Waals surface area (Å²) in [5.41, 5.74) is 0.575. The third kappa shape index (κ3) is 4.23. The SMILES string of the molecule is BrCC1(CN2CCN(C3CCCC3)CC2)CCCCCC1. The number of alkyl halides is 1. The summed E-state index contributed by atoms with van der Waals surface area (Å²) in [6.07, 6.45) is 14.6. The third-order valence-electron chi connectivity index (χ3n) is 6.25. The summed E-state index contributed by atoms with van der Waals surface area (Å²) in [6, 6.07) is 0.926. The van der Waals surface area contributed by atoms with E-state index in [9.17, 15) is 0 Å². The zero-order valence-electron chi connectivity index (χ0n) is 13.7. The second kappa shape index (κ2) is 7.79. The van der Waals surface area contributed by atoms with Crippen LogP contribution >= 0.6 is 15.9 Å². The monoisotopic (exact) mass is 356 g/mol. The summed E-state index contributed by atoms with van der Waals surface area (Å²) in [7, 11) is 0. The van der Waals surface area contributed by atoms with Gasteiger partial charge in [0, 0.05) is 44.1 Å². The van der Waals surface area contributed by atoms with Gasteiger partial charge in [0.05, 0.1) is 0 Å². The quantitative estimate of drug-likeness (QED) is 0.547. The Bertz CT molecular complexity index is 298. The first-order valence-corrected chi connectivity index (χ1v) is 10.5. The number of hydrogen-bond donors (Lipinski definition) is 0. The van der Waals surface area contributed by atoms with Gasteiger partial charge in [0.1, 0.15) is 0 Å². The maximum Gasteiger partial charge on any atom is 0.0113 e. The lowest BCUT2D eigenvalue weighted by molar-refractivity contribution is 0.0655. The van der Waals surface area contributed by atoms with Gasteiger partial charge in [0.2, 0.25) is 0 Å². The fourth-order valence-corrected chi connectivity index (χ4v) is 5.58. The molecule has 3 aliphatic rings. The van der Waals surface area contributed by atoms with Gasteiger partial charge in [-0.15, -0.1) is 0 Å². The van der Waals surface area contributed by atoms with E-state index in [4.69, 9.17) is 0 Å². The van der Waals surface area contributed by atoms with Gasteiger partial charge in [-0.25, -0.2) is 0 Å². The van der Waals surface area contributed by atoms with E-state index < -0.39 is 0 Å². The van der Waals surface area contributed by atoms with Crippen molar-refractivity contribution >= 4 is 15.9 Å². The van der Waals surface area contributed by atoms with Crippen LogP contribution in [0.5, 0.6) is 0 Å². The molecule has 0 atom stereocenters. The van der Waals surface area contributed by atoms with Crippen LogP contribution in [0.15, 0.2) is 0 Å². The molecule has 21 heavy (non-hydrogen) atoms. The van der Waals surface area contributed by atoms with Gasteiger partial charge in [0.25, 0.3) is 0 Å². The number of halogens is 1. The molecule has 0 amide bonds. The minimum Gasteiger partial charge on any atom is -0.300 e. The van der Waals surface area contributed by atoms with Crippen molar-refractivity contribution in [1.29, 1.82) is 0 Å². The molecular weight excluding hydrogens is 324 g/mol. The van der Waals surface area contributed by atoms with Crippen molar-refractivity contribution in [3.05, 3.63) is 0 Å². The first-order chi connectivity index (χ1) is 10.3. The molecule has 0 spiro atoms. The Kier molecular flexibility index (Phi) is 6.03. The standard InChI is InChI=1S/C18H33BrN2/c19-15-18(9-5-1-2-6-10-18)16-20-11-13-21(14-12-20)17-7-3-4-8-17/h17H,1-16H2. The second-order valence-electron chi connectivity index (χ2n) is 7.80. The van der Waals surface area contributed by atoms with Crippen LogP contribution in [0.2, 0.25) is 0 Å². The topological polar surface area (TPSA) is 6.48 Å². The summed E-state index contributed by atoms with van der Waals surface area (Å²) in [6.45, 7) is 6.61. The Morgan fingerprint density at radius 3 is 2.00 bits per heavy atom. The van der Waals surface area contributed by atoms with E-state index in [0.717, 1.165) is 6.04 Å². The van der Waals surface area contributed by atoms with E-state index in [0.29, 0.717) is 5.41 Å².